The van der Waals surface area contributed by atoms with Crippen LogP contribution in [0, 0.1) is 4.84 Å². The molecule has 1 atom stereocenters. The lowest BCUT2D eigenvalue weighted by atomic mass is 10.0. The molecule has 1 aromatic carbocycles. The molecular formula is C18H19N3O2S2. The molecule has 0 unspecified atom stereocenters. The Morgan fingerprint density at radius 3 is 2.88 bits per heavy atom. The number of hydrogen-bond donors (Lipinski definition) is 0. The highest BCUT2D eigenvalue weighted by molar-refractivity contribution is 7.71. The van der Waals surface area contributed by atoms with E-state index in [2.05, 4.69) is 28.4 Å². The average molecular weight is 374 g/mol. The SMILES string of the molecule is COc1ccc(-c2nn(CN3CCc4sccc4[C@@H]3C)c(=S)o2)cc1. The van der Waals surface area contributed by atoms with Crippen molar-refractivity contribution in [2.24, 2.45) is 0 Å². The minimum Gasteiger partial charge on any atom is -0.497 e. The summed E-state index contributed by atoms with van der Waals surface area (Å²) in [6.07, 6.45) is 1.08. The van der Waals surface area contributed by atoms with Crippen LogP contribution < -0.4 is 4.74 Å². The molecule has 130 valence electrons. The van der Waals surface area contributed by atoms with Gasteiger partial charge < -0.3 is 9.15 Å². The summed E-state index contributed by atoms with van der Waals surface area (Å²) >= 11 is 7.22. The second kappa shape index (κ2) is 6.74. The van der Waals surface area contributed by atoms with Gasteiger partial charge in [-0.25, -0.2) is 4.68 Å². The molecule has 4 rings (SSSR count). The van der Waals surface area contributed by atoms with Crippen molar-refractivity contribution in [3.05, 3.63) is 51.0 Å². The molecule has 0 saturated heterocycles. The normalized spacial score (nSPS) is 17.4. The summed E-state index contributed by atoms with van der Waals surface area (Å²) in [7, 11) is 1.65. The van der Waals surface area contributed by atoms with Crippen molar-refractivity contribution in [2.75, 3.05) is 13.7 Å². The second-order valence-corrected chi connectivity index (χ2v) is 7.43. The zero-order chi connectivity index (χ0) is 17.4. The Labute approximate surface area is 155 Å². The Bertz CT molecular complexity index is 926. The van der Waals surface area contributed by atoms with Gasteiger partial charge >= 0.3 is 0 Å². The minimum absolute atomic E-state index is 0.359. The average Bonchev–Trinajstić information content (AvgIpc) is 3.25. The van der Waals surface area contributed by atoms with Crippen LogP contribution >= 0.6 is 23.6 Å². The predicted octanol–water partition coefficient (Wildman–Crippen LogP) is 4.52. The van der Waals surface area contributed by atoms with Gasteiger partial charge in [0.2, 0.25) is 5.89 Å². The number of hydrogen-bond acceptors (Lipinski definition) is 6. The molecule has 25 heavy (non-hydrogen) atoms. The molecule has 0 aliphatic carbocycles. The van der Waals surface area contributed by atoms with Crippen LogP contribution in [0.1, 0.15) is 23.4 Å². The fraction of sp³-hybridized carbons (Fsp3) is 0.333. The van der Waals surface area contributed by atoms with E-state index >= 15 is 0 Å². The number of thiophene rings is 1. The third-order valence-electron chi connectivity index (χ3n) is 4.66. The van der Waals surface area contributed by atoms with Gasteiger partial charge in [0.05, 0.1) is 13.8 Å². The van der Waals surface area contributed by atoms with E-state index in [-0.39, 0.29) is 0 Å². The van der Waals surface area contributed by atoms with Crippen LogP contribution in [-0.4, -0.2) is 28.3 Å². The zero-order valence-corrected chi connectivity index (χ0v) is 15.8. The maximum Gasteiger partial charge on any atom is 0.288 e. The monoisotopic (exact) mass is 373 g/mol. The molecule has 2 aromatic heterocycles. The van der Waals surface area contributed by atoms with Gasteiger partial charge in [-0.2, -0.15) is 0 Å². The number of rotatable bonds is 4. The molecule has 1 aliphatic heterocycles. The standard InChI is InChI=1S/C18H19N3O2S2/c1-12-15-8-10-25-16(15)7-9-20(12)11-21-18(24)23-17(19-21)13-3-5-14(22-2)6-4-13/h3-6,8,10,12H,7,9,11H2,1-2H3/t12-/m0/s1. The summed E-state index contributed by atoms with van der Waals surface area (Å²) in [4.78, 5) is 4.27. The van der Waals surface area contributed by atoms with E-state index in [0.29, 0.717) is 23.4 Å². The quantitative estimate of drug-likeness (QED) is 0.629. The van der Waals surface area contributed by atoms with E-state index in [1.807, 2.05) is 35.6 Å². The summed E-state index contributed by atoms with van der Waals surface area (Å²) in [5, 5.41) is 6.75. The second-order valence-electron chi connectivity index (χ2n) is 6.08. The number of nitrogens with zero attached hydrogens (tertiary/aromatic N) is 3. The minimum atomic E-state index is 0.359. The molecule has 5 nitrogen and oxygen atoms in total. The molecule has 0 radical (unpaired) electrons. The molecule has 0 saturated carbocycles. The number of ether oxygens (including phenoxy) is 1. The number of methoxy groups -OCH3 is 1. The van der Waals surface area contributed by atoms with Crippen LogP contribution in [0.2, 0.25) is 0 Å². The van der Waals surface area contributed by atoms with Crippen LogP contribution in [0.5, 0.6) is 5.75 Å². The highest BCUT2D eigenvalue weighted by Crippen LogP contribution is 2.33. The zero-order valence-electron chi connectivity index (χ0n) is 14.1. The molecule has 0 bridgehead atoms. The first-order valence-electron chi connectivity index (χ1n) is 8.18. The molecule has 7 heteroatoms. The van der Waals surface area contributed by atoms with Gasteiger partial charge in [-0.05, 0) is 66.8 Å². The van der Waals surface area contributed by atoms with Crippen molar-refractivity contribution < 1.29 is 9.15 Å². The topological polar surface area (TPSA) is 43.4 Å². The molecule has 3 heterocycles. The first-order chi connectivity index (χ1) is 12.2. The first-order valence-corrected chi connectivity index (χ1v) is 9.47. The van der Waals surface area contributed by atoms with Gasteiger partial charge in [-0.3, -0.25) is 4.90 Å². The van der Waals surface area contributed by atoms with Gasteiger partial charge in [0, 0.05) is 23.0 Å². The van der Waals surface area contributed by atoms with E-state index < -0.39 is 0 Å². The lowest BCUT2D eigenvalue weighted by Crippen LogP contribution is -2.35. The highest BCUT2D eigenvalue weighted by Gasteiger charge is 2.25. The van der Waals surface area contributed by atoms with E-state index in [0.717, 1.165) is 24.3 Å². The van der Waals surface area contributed by atoms with E-state index in [9.17, 15) is 0 Å². The summed E-state index contributed by atoms with van der Waals surface area (Å²) < 4.78 is 12.7. The van der Waals surface area contributed by atoms with Gasteiger partial charge in [-0.1, -0.05) is 0 Å². The Morgan fingerprint density at radius 1 is 1.32 bits per heavy atom. The molecular weight excluding hydrogens is 354 g/mol. The van der Waals surface area contributed by atoms with Gasteiger partial charge in [0.1, 0.15) is 5.75 Å². The molecule has 0 N–H and O–H groups in total. The molecule has 0 fully saturated rings. The van der Waals surface area contributed by atoms with Crippen molar-refractivity contribution >= 4 is 23.6 Å². The third kappa shape index (κ3) is 3.15. The van der Waals surface area contributed by atoms with Gasteiger partial charge in [0.25, 0.3) is 4.84 Å². The van der Waals surface area contributed by atoms with Crippen molar-refractivity contribution in [3.63, 3.8) is 0 Å². The van der Waals surface area contributed by atoms with Crippen molar-refractivity contribution in [3.8, 4) is 17.2 Å². The maximum atomic E-state index is 5.71. The third-order valence-corrected chi connectivity index (χ3v) is 5.95. The van der Waals surface area contributed by atoms with E-state index in [1.54, 1.807) is 11.8 Å². The lowest BCUT2D eigenvalue weighted by Gasteiger charge is -2.32. The highest BCUT2D eigenvalue weighted by atomic mass is 32.1. The van der Waals surface area contributed by atoms with Crippen molar-refractivity contribution in [1.82, 2.24) is 14.7 Å². The van der Waals surface area contributed by atoms with Crippen molar-refractivity contribution in [2.45, 2.75) is 26.1 Å². The summed E-state index contributed by atoms with van der Waals surface area (Å²) in [5.74, 6) is 1.34. The molecule has 3 aromatic rings. The number of aromatic nitrogens is 2. The van der Waals surface area contributed by atoms with Crippen LogP contribution in [-0.2, 0) is 13.1 Å². The summed E-state index contributed by atoms with van der Waals surface area (Å²) in [6.45, 7) is 3.87. The fourth-order valence-electron chi connectivity index (χ4n) is 3.17. The summed E-state index contributed by atoms with van der Waals surface area (Å²) in [6, 6.07) is 10.2. The smallest absolute Gasteiger partial charge is 0.288 e. The predicted molar refractivity (Wildman–Crippen MR) is 100 cm³/mol. The van der Waals surface area contributed by atoms with Crippen LogP contribution in [0.4, 0.5) is 0 Å². The molecule has 0 amide bonds. The number of benzene rings is 1. The van der Waals surface area contributed by atoms with Crippen LogP contribution in [0.25, 0.3) is 11.5 Å². The Kier molecular flexibility index (Phi) is 4.45. The molecule has 1 aliphatic rings. The fourth-order valence-corrected chi connectivity index (χ4v) is 4.31. The van der Waals surface area contributed by atoms with Gasteiger partial charge in [-0.15, -0.1) is 16.4 Å². The first kappa shape index (κ1) is 16.5. The Balaban J connectivity index is 1.56. The largest absolute Gasteiger partial charge is 0.497 e. The Hall–Kier alpha value is -1.96. The Morgan fingerprint density at radius 2 is 2.12 bits per heavy atom. The van der Waals surface area contributed by atoms with Crippen LogP contribution in [0.15, 0.2) is 40.1 Å². The number of fused-ring (bicyclic) bond motifs is 1. The summed E-state index contributed by atoms with van der Waals surface area (Å²) in [5.41, 5.74) is 2.30. The molecule has 0 spiro atoms. The van der Waals surface area contributed by atoms with Gasteiger partial charge in [0.15, 0.2) is 0 Å². The maximum absolute atomic E-state index is 5.71. The van der Waals surface area contributed by atoms with Crippen LogP contribution in [0.3, 0.4) is 0 Å². The van der Waals surface area contributed by atoms with E-state index in [1.165, 1.54) is 10.4 Å². The lowest BCUT2D eigenvalue weighted by molar-refractivity contribution is 0.142. The van der Waals surface area contributed by atoms with Crippen molar-refractivity contribution in [1.29, 1.82) is 0 Å². The van der Waals surface area contributed by atoms with E-state index in [4.69, 9.17) is 21.4 Å².